The highest BCUT2D eigenvalue weighted by atomic mass is 16.6. The number of ether oxygens (including phenoxy) is 3. The summed E-state index contributed by atoms with van der Waals surface area (Å²) in [4.78, 5) is 21.5. The predicted molar refractivity (Wildman–Crippen MR) is 129 cm³/mol. The third kappa shape index (κ3) is 3.62. The third-order valence-electron chi connectivity index (χ3n) is 6.50. The Bertz CT molecular complexity index is 1260. The van der Waals surface area contributed by atoms with E-state index in [1.165, 1.54) is 0 Å². The second-order valence-corrected chi connectivity index (χ2v) is 9.64. The zero-order valence-corrected chi connectivity index (χ0v) is 19.8. The maximum absolute atomic E-state index is 13.8. The van der Waals surface area contributed by atoms with Gasteiger partial charge in [0.1, 0.15) is 6.10 Å². The Balaban J connectivity index is 1.67. The molecule has 1 unspecified atom stereocenters. The van der Waals surface area contributed by atoms with Crippen molar-refractivity contribution < 1.29 is 19.0 Å². The minimum Gasteiger partial charge on any atom is -0.487 e. The summed E-state index contributed by atoms with van der Waals surface area (Å²) in [6.45, 7) is 9.50. The van der Waals surface area contributed by atoms with Gasteiger partial charge in [0.15, 0.2) is 17.3 Å². The molecule has 6 heteroatoms. The predicted octanol–water partition coefficient (Wildman–Crippen LogP) is 5.04. The highest BCUT2D eigenvalue weighted by molar-refractivity contribution is 6.20. The molecule has 2 heterocycles. The van der Waals surface area contributed by atoms with Gasteiger partial charge < -0.3 is 19.2 Å². The summed E-state index contributed by atoms with van der Waals surface area (Å²) in [7, 11) is 1.75. The van der Waals surface area contributed by atoms with E-state index in [-0.39, 0.29) is 18.0 Å². The molecule has 0 bridgehead atoms. The van der Waals surface area contributed by atoms with E-state index in [1.807, 2.05) is 50.4 Å². The fraction of sp³-hybridized carbons (Fsp3) is 0.407. The smallest absolute Gasteiger partial charge is 0.195 e. The highest BCUT2D eigenvalue weighted by Crippen LogP contribution is 2.47. The van der Waals surface area contributed by atoms with E-state index in [2.05, 4.69) is 23.8 Å². The van der Waals surface area contributed by atoms with Crippen molar-refractivity contribution in [3.63, 3.8) is 0 Å². The maximum atomic E-state index is 13.8. The van der Waals surface area contributed by atoms with Gasteiger partial charge in [-0.1, -0.05) is 26.0 Å². The zero-order valence-electron chi connectivity index (χ0n) is 19.8. The zero-order chi connectivity index (χ0) is 23.3. The molecule has 3 aromatic rings. The first-order valence-corrected chi connectivity index (χ1v) is 11.5. The van der Waals surface area contributed by atoms with Gasteiger partial charge in [-0.15, -0.1) is 0 Å². The number of carbonyl (C=O) groups excluding carboxylic acids is 1. The SMILES string of the molecule is C/N=C\c1ccc2c3c([nH]c2c1)C(C)(C)c1cc(OC2CCOC2)c(OC(C)C)cc1C3=O. The van der Waals surface area contributed by atoms with Crippen LogP contribution in [-0.4, -0.2) is 49.5 Å². The number of ketones is 1. The number of aliphatic imine (C=N–C) groups is 1. The average Bonchev–Trinajstić information content (AvgIpc) is 3.41. The lowest BCUT2D eigenvalue weighted by atomic mass is 9.71. The van der Waals surface area contributed by atoms with Crippen LogP contribution in [0.25, 0.3) is 10.9 Å². The second kappa shape index (κ2) is 8.03. The first kappa shape index (κ1) is 21.7. The minimum absolute atomic E-state index is 0.00633. The van der Waals surface area contributed by atoms with Crippen LogP contribution >= 0.6 is 0 Å². The molecule has 0 saturated carbocycles. The van der Waals surface area contributed by atoms with Gasteiger partial charge >= 0.3 is 0 Å². The Kier molecular flexibility index (Phi) is 5.28. The van der Waals surface area contributed by atoms with Crippen molar-refractivity contribution in [1.29, 1.82) is 0 Å². The van der Waals surface area contributed by atoms with Crippen LogP contribution in [-0.2, 0) is 10.2 Å². The van der Waals surface area contributed by atoms with E-state index in [0.29, 0.717) is 30.3 Å². The summed E-state index contributed by atoms with van der Waals surface area (Å²) in [6, 6.07) is 9.89. The summed E-state index contributed by atoms with van der Waals surface area (Å²) in [5.41, 5.74) is 4.77. The molecular formula is C27H30N2O4. The number of nitrogens with one attached hydrogen (secondary N) is 1. The molecule has 1 aliphatic carbocycles. The number of hydrogen-bond acceptors (Lipinski definition) is 5. The summed E-state index contributed by atoms with van der Waals surface area (Å²) in [5.74, 6) is 1.27. The van der Waals surface area contributed by atoms with Crippen molar-refractivity contribution in [3.05, 3.63) is 58.3 Å². The normalized spacial score (nSPS) is 19.3. The molecule has 0 amide bonds. The summed E-state index contributed by atoms with van der Waals surface area (Å²) in [5, 5.41) is 0.928. The van der Waals surface area contributed by atoms with Crippen LogP contribution in [0.3, 0.4) is 0 Å². The van der Waals surface area contributed by atoms with E-state index in [9.17, 15) is 4.79 Å². The third-order valence-corrected chi connectivity index (χ3v) is 6.50. The van der Waals surface area contributed by atoms with Crippen molar-refractivity contribution >= 4 is 22.9 Å². The van der Waals surface area contributed by atoms with E-state index in [1.54, 1.807) is 7.05 Å². The molecule has 0 radical (unpaired) electrons. The van der Waals surface area contributed by atoms with Crippen LogP contribution in [0.4, 0.5) is 0 Å². The quantitative estimate of drug-likeness (QED) is 0.557. The number of nitrogens with zero attached hydrogens (tertiary/aromatic N) is 1. The molecule has 6 nitrogen and oxygen atoms in total. The van der Waals surface area contributed by atoms with Gasteiger partial charge in [-0.25, -0.2) is 0 Å². The number of benzene rings is 2. The van der Waals surface area contributed by atoms with Crippen molar-refractivity contribution in [2.45, 2.75) is 51.7 Å². The fourth-order valence-electron chi connectivity index (χ4n) is 4.91. The van der Waals surface area contributed by atoms with Crippen LogP contribution in [0.5, 0.6) is 11.5 Å². The molecule has 2 aliphatic rings. The van der Waals surface area contributed by atoms with E-state index < -0.39 is 5.41 Å². The average molecular weight is 447 g/mol. The van der Waals surface area contributed by atoms with Crippen LogP contribution in [0.15, 0.2) is 35.3 Å². The van der Waals surface area contributed by atoms with Gasteiger partial charge in [0.2, 0.25) is 0 Å². The van der Waals surface area contributed by atoms with Gasteiger partial charge in [0.25, 0.3) is 0 Å². The number of aromatic amines is 1. The lowest BCUT2D eigenvalue weighted by molar-refractivity contribution is 0.103. The van der Waals surface area contributed by atoms with Gasteiger partial charge in [-0.05, 0) is 43.2 Å². The molecule has 1 atom stereocenters. The minimum atomic E-state index is -0.419. The molecule has 1 N–H and O–H groups in total. The Morgan fingerprint density at radius 2 is 2.03 bits per heavy atom. The molecule has 1 fully saturated rings. The largest absolute Gasteiger partial charge is 0.487 e. The van der Waals surface area contributed by atoms with Crippen molar-refractivity contribution in [1.82, 2.24) is 4.98 Å². The molecule has 33 heavy (non-hydrogen) atoms. The van der Waals surface area contributed by atoms with Crippen molar-refractivity contribution in [3.8, 4) is 11.5 Å². The lowest BCUT2D eigenvalue weighted by Gasteiger charge is -2.33. The van der Waals surface area contributed by atoms with Crippen molar-refractivity contribution in [2.75, 3.05) is 20.3 Å². The fourth-order valence-corrected chi connectivity index (χ4v) is 4.91. The Labute approximate surface area is 194 Å². The Morgan fingerprint density at radius 3 is 2.73 bits per heavy atom. The van der Waals surface area contributed by atoms with E-state index >= 15 is 0 Å². The van der Waals surface area contributed by atoms with Crippen LogP contribution in [0.2, 0.25) is 0 Å². The number of fused-ring (bicyclic) bond motifs is 4. The van der Waals surface area contributed by atoms with Gasteiger partial charge in [-0.3, -0.25) is 9.79 Å². The van der Waals surface area contributed by atoms with Gasteiger partial charge in [0.05, 0.1) is 24.9 Å². The number of H-pyrrole nitrogens is 1. The first-order chi connectivity index (χ1) is 15.8. The highest BCUT2D eigenvalue weighted by Gasteiger charge is 2.41. The molecule has 1 aromatic heterocycles. The molecule has 0 spiro atoms. The molecule has 1 aliphatic heterocycles. The molecule has 5 rings (SSSR count). The number of aromatic nitrogens is 1. The second-order valence-electron chi connectivity index (χ2n) is 9.64. The topological polar surface area (TPSA) is 72.9 Å². The Morgan fingerprint density at radius 1 is 1.21 bits per heavy atom. The maximum Gasteiger partial charge on any atom is 0.195 e. The standard InChI is InChI=1S/C27H30N2O4/c1-15(2)32-22-11-19-20(12-23(22)33-17-8-9-31-14-17)27(3,4)26-24(25(19)30)18-7-6-16(13-28-5)10-21(18)29-26/h6-7,10-13,15,17,29H,8-9,14H2,1-5H3/b28-13-. The van der Waals surface area contributed by atoms with E-state index in [0.717, 1.165) is 39.7 Å². The summed E-state index contributed by atoms with van der Waals surface area (Å²) >= 11 is 0. The molecular weight excluding hydrogens is 416 g/mol. The number of hydrogen-bond donors (Lipinski definition) is 1. The lowest BCUT2D eigenvalue weighted by Crippen LogP contribution is -2.31. The van der Waals surface area contributed by atoms with Crippen LogP contribution in [0.1, 0.15) is 66.9 Å². The van der Waals surface area contributed by atoms with Gasteiger partial charge in [0, 0.05) is 47.3 Å². The Hall–Kier alpha value is -3.12. The summed E-state index contributed by atoms with van der Waals surface area (Å²) < 4.78 is 17.9. The number of rotatable bonds is 5. The first-order valence-electron chi connectivity index (χ1n) is 11.5. The van der Waals surface area contributed by atoms with Crippen molar-refractivity contribution in [2.24, 2.45) is 4.99 Å². The summed E-state index contributed by atoms with van der Waals surface area (Å²) in [6.07, 6.45) is 2.60. The van der Waals surface area contributed by atoms with Gasteiger partial charge in [-0.2, -0.15) is 0 Å². The van der Waals surface area contributed by atoms with Crippen LogP contribution < -0.4 is 9.47 Å². The monoisotopic (exact) mass is 446 g/mol. The molecule has 1 saturated heterocycles. The number of carbonyl (C=O) groups is 1. The van der Waals surface area contributed by atoms with E-state index in [4.69, 9.17) is 14.2 Å². The van der Waals surface area contributed by atoms with Crippen LogP contribution in [0, 0.1) is 0 Å². The molecule has 2 aromatic carbocycles. The molecule has 172 valence electrons.